The average Bonchev–Trinajstić information content (AvgIpc) is 2.77. The van der Waals surface area contributed by atoms with Gasteiger partial charge in [0.2, 0.25) is 0 Å². The van der Waals surface area contributed by atoms with Crippen LogP contribution in [0.4, 0.5) is 0 Å². The van der Waals surface area contributed by atoms with E-state index in [2.05, 4.69) is 53.8 Å². The SMILES string of the molecule is C=C(C)c1cccc(Cc2nc[nH]c2C)c1/C=C\C. The maximum Gasteiger partial charge on any atom is 0.0925 e. The first-order valence-electron chi connectivity index (χ1n) is 6.52. The summed E-state index contributed by atoms with van der Waals surface area (Å²) in [6.45, 7) is 10.2. The maximum atomic E-state index is 4.38. The molecule has 0 saturated carbocycles. The zero-order valence-electron chi connectivity index (χ0n) is 11.8. The van der Waals surface area contributed by atoms with Crippen LogP contribution in [0, 0.1) is 6.92 Å². The van der Waals surface area contributed by atoms with Crippen molar-refractivity contribution in [1.82, 2.24) is 9.97 Å². The van der Waals surface area contributed by atoms with Crippen molar-refractivity contribution < 1.29 is 0 Å². The highest BCUT2D eigenvalue weighted by atomic mass is 14.9. The summed E-state index contributed by atoms with van der Waals surface area (Å²) < 4.78 is 0. The van der Waals surface area contributed by atoms with Crippen molar-refractivity contribution >= 4 is 11.6 Å². The average molecular weight is 252 g/mol. The molecule has 0 aliphatic carbocycles. The molecule has 0 bridgehead atoms. The van der Waals surface area contributed by atoms with E-state index in [1.165, 1.54) is 16.7 Å². The first-order chi connectivity index (χ1) is 9.13. The summed E-state index contributed by atoms with van der Waals surface area (Å²) in [4.78, 5) is 7.52. The van der Waals surface area contributed by atoms with Gasteiger partial charge in [0.1, 0.15) is 0 Å². The number of hydrogen-bond acceptors (Lipinski definition) is 1. The number of hydrogen-bond donors (Lipinski definition) is 1. The Morgan fingerprint density at radius 1 is 1.42 bits per heavy atom. The topological polar surface area (TPSA) is 28.7 Å². The van der Waals surface area contributed by atoms with E-state index in [9.17, 15) is 0 Å². The fourth-order valence-corrected chi connectivity index (χ4v) is 2.25. The van der Waals surface area contributed by atoms with Crippen molar-refractivity contribution in [2.45, 2.75) is 27.2 Å². The zero-order valence-corrected chi connectivity index (χ0v) is 11.8. The first kappa shape index (κ1) is 13.3. The van der Waals surface area contributed by atoms with Gasteiger partial charge in [-0.2, -0.15) is 0 Å². The number of rotatable bonds is 4. The van der Waals surface area contributed by atoms with Crippen molar-refractivity contribution in [3.63, 3.8) is 0 Å². The molecule has 98 valence electrons. The van der Waals surface area contributed by atoms with Gasteiger partial charge in [0.25, 0.3) is 0 Å². The molecule has 2 nitrogen and oxygen atoms in total. The Labute approximate surface area is 114 Å². The van der Waals surface area contributed by atoms with Crippen molar-refractivity contribution in [2.24, 2.45) is 0 Å². The van der Waals surface area contributed by atoms with Crippen molar-refractivity contribution in [2.75, 3.05) is 0 Å². The van der Waals surface area contributed by atoms with Gasteiger partial charge < -0.3 is 4.98 Å². The highest BCUT2D eigenvalue weighted by molar-refractivity contribution is 5.74. The minimum atomic E-state index is 0.843. The van der Waals surface area contributed by atoms with E-state index in [0.29, 0.717) is 0 Å². The minimum Gasteiger partial charge on any atom is -0.348 e. The zero-order chi connectivity index (χ0) is 13.8. The van der Waals surface area contributed by atoms with Crippen LogP contribution in [0.5, 0.6) is 0 Å². The van der Waals surface area contributed by atoms with Gasteiger partial charge in [0.05, 0.1) is 12.0 Å². The lowest BCUT2D eigenvalue weighted by molar-refractivity contribution is 1.07. The molecular formula is C17H20N2. The number of imidazole rings is 1. The summed E-state index contributed by atoms with van der Waals surface area (Å²) in [5.74, 6) is 0. The molecule has 1 aromatic heterocycles. The van der Waals surface area contributed by atoms with Crippen LogP contribution < -0.4 is 0 Å². The Balaban J connectivity index is 2.48. The molecule has 2 rings (SSSR count). The molecule has 2 heteroatoms. The van der Waals surface area contributed by atoms with E-state index in [4.69, 9.17) is 0 Å². The molecule has 0 radical (unpaired) electrons. The number of aromatic nitrogens is 2. The summed E-state index contributed by atoms with van der Waals surface area (Å²) in [5.41, 5.74) is 7.07. The molecule has 19 heavy (non-hydrogen) atoms. The van der Waals surface area contributed by atoms with Crippen molar-refractivity contribution in [1.29, 1.82) is 0 Å². The summed E-state index contributed by atoms with van der Waals surface area (Å²) in [6.07, 6.45) is 6.82. The van der Waals surface area contributed by atoms with Crippen molar-refractivity contribution in [3.8, 4) is 0 Å². The molecule has 0 saturated heterocycles. The molecule has 0 atom stereocenters. The van der Waals surface area contributed by atoms with Gasteiger partial charge in [-0.3, -0.25) is 0 Å². The molecule has 1 N–H and O–H groups in total. The van der Waals surface area contributed by atoms with Crippen molar-refractivity contribution in [3.05, 3.63) is 65.3 Å². The van der Waals surface area contributed by atoms with E-state index in [1.54, 1.807) is 6.33 Å². The molecule has 0 amide bonds. The smallest absolute Gasteiger partial charge is 0.0925 e. The number of allylic oxidation sites excluding steroid dienone is 2. The van der Waals surface area contributed by atoms with E-state index < -0.39 is 0 Å². The highest BCUT2D eigenvalue weighted by Gasteiger charge is 2.09. The Morgan fingerprint density at radius 2 is 2.21 bits per heavy atom. The van der Waals surface area contributed by atoms with Crippen LogP contribution in [0.2, 0.25) is 0 Å². The summed E-state index contributed by atoms with van der Waals surface area (Å²) in [6, 6.07) is 6.38. The second-order valence-corrected chi connectivity index (χ2v) is 4.81. The van der Waals surface area contributed by atoms with E-state index in [0.717, 1.165) is 23.4 Å². The molecule has 0 aliphatic rings. The van der Waals surface area contributed by atoms with Crippen LogP contribution in [-0.4, -0.2) is 9.97 Å². The van der Waals surface area contributed by atoms with E-state index in [1.807, 2.05) is 13.8 Å². The van der Waals surface area contributed by atoms with Gasteiger partial charge in [-0.1, -0.05) is 42.5 Å². The van der Waals surface area contributed by atoms with Gasteiger partial charge in [-0.15, -0.1) is 0 Å². The Kier molecular flexibility index (Phi) is 4.00. The minimum absolute atomic E-state index is 0.843. The monoisotopic (exact) mass is 252 g/mol. The molecule has 0 unspecified atom stereocenters. The van der Waals surface area contributed by atoms with Crippen LogP contribution in [0.15, 0.2) is 37.2 Å². The van der Waals surface area contributed by atoms with Gasteiger partial charge in [-0.05, 0) is 37.5 Å². The summed E-state index contributed by atoms with van der Waals surface area (Å²) in [7, 11) is 0. The van der Waals surface area contributed by atoms with Gasteiger partial charge in [-0.25, -0.2) is 4.98 Å². The van der Waals surface area contributed by atoms with E-state index in [-0.39, 0.29) is 0 Å². The van der Waals surface area contributed by atoms with E-state index >= 15 is 0 Å². The van der Waals surface area contributed by atoms with Crippen LogP contribution in [0.1, 0.15) is 41.9 Å². The maximum absolute atomic E-state index is 4.38. The largest absolute Gasteiger partial charge is 0.348 e. The Hall–Kier alpha value is -2.09. The molecule has 0 aliphatic heterocycles. The second-order valence-electron chi connectivity index (χ2n) is 4.81. The molecule has 0 spiro atoms. The number of benzene rings is 1. The molecule has 1 heterocycles. The third kappa shape index (κ3) is 2.84. The third-order valence-corrected chi connectivity index (χ3v) is 3.28. The lowest BCUT2D eigenvalue weighted by atomic mass is 9.94. The molecule has 0 fully saturated rings. The number of H-pyrrole nitrogens is 1. The van der Waals surface area contributed by atoms with Crippen LogP contribution in [0.3, 0.4) is 0 Å². The lowest BCUT2D eigenvalue weighted by Crippen LogP contribution is -1.97. The first-order valence-corrected chi connectivity index (χ1v) is 6.52. The fourth-order valence-electron chi connectivity index (χ4n) is 2.25. The Morgan fingerprint density at radius 3 is 2.79 bits per heavy atom. The quantitative estimate of drug-likeness (QED) is 0.859. The van der Waals surface area contributed by atoms with Gasteiger partial charge >= 0.3 is 0 Å². The number of nitrogens with zero attached hydrogens (tertiary/aromatic N) is 1. The number of aromatic amines is 1. The summed E-state index contributed by atoms with van der Waals surface area (Å²) in [5, 5.41) is 0. The normalized spacial score (nSPS) is 11.1. The van der Waals surface area contributed by atoms with Crippen LogP contribution in [0.25, 0.3) is 11.6 Å². The Bertz CT molecular complexity index is 618. The fraction of sp³-hybridized carbons (Fsp3) is 0.235. The highest BCUT2D eigenvalue weighted by Crippen LogP contribution is 2.24. The standard InChI is InChI=1S/C17H20N2/c1-5-7-16-14(8-6-9-15(16)12(2)3)10-17-13(4)18-11-19-17/h5-9,11H,2,10H2,1,3-4H3,(H,18,19)/b7-5-. The van der Waals surface area contributed by atoms with Gasteiger partial charge in [0, 0.05) is 12.1 Å². The molecular weight excluding hydrogens is 232 g/mol. The van der Waals surface area contributed by atoms with Crippen LogP contribution >= 0.6 is 0 Å². The lowest BCUT2D eigenvalue weighted by Gasteiger charge is -2.11. The molecule has 2 aromatic rings. The number of aryl methyl sites for hydroxylation is 1. The predicted molar refractivity (Wildman–Crippen MR) is 82.0 cm³/mol. The second kappa shape index (κ2) is 5.70. The molecule has 1 aromatic carbocycles. The summed E-state index contributed by atoms with van der Waals surface area (Å²) >= 11 is 0. The van der Waals surface area contributed by atoms with Gasteiger partial charge in [0.15, 0.2) is 0 Å². The number of nitrogens with one attached hydrogen (secondary N) is 1. The third-order valence-electron chi connectivity index (χ3n) is 3.28. The van der Waals surface area contributed by atoms with Crippen LogP contribution in [-0.2, 0) is 6.42 Å². The predicted octanol–water partition coefficient (Wildman–Crippen LogP) is 4.38.